The minimum atomic E-state index is -0.155. The number of rotatable bonds is 4. The number of anilines is 1. The van der Waals surface area contributed by atoms with Crippen molar-refractivity contribution in [2.24, 2.45) is 0 Å². The Morgan fingerprint density at radius 3 is 2.65 bits per heavy atom. The molecule has 0 spiro atoms. The first-order valence-corrected chi connectivity index (χ1v) is 8.63. The molecule has 0 saturated carbocycles. The lowest BCUT2D eigenvalue weighted by Crippen LogP contribution is -2.24. The first-order chi connectivity index (χ1) is 12.6. The topological polar surface area (TPSA) is 66.0 Å². The van der Waals surface area contributed by atoms with E-state index >= 15 is 0 Å². The van der Waals surface area contributed by atoms with Crippen LogP contribution in [0.5, 0.6) is 23.0 Å². The molecule has 6 nitrogen and oxygen atoms in total. The van der Waals surface area contributed by atoms with Gasteiger partial charge in [0.05, 0.1) is 13.2 Å². The SMILES string of the molecule is COc1cccc(C2CC(=O)Nc3cc4c(cc32)OCO4)c1OC(C)C. The Balaban J connectivity index is 1.86. The summed E-state index contributed by atoms with van der Waals surface area (Å²) in [7, 11) is 1.62. The van der Waals surface area contributed by atoms with Gasteiger partial charge in [-0.05, 0) is 31.5 Å². The number of ether oxygens (including phenoxy) is 4. The predicted octanol–water partition coefficient (Wildman–Crippen LogP) is 3.69. The number of hydrogen-bond acceptors (Lipinski definition) is 5. The number of benzene rings is 2. The molecule has 0 saturated heterocycles. The van der Waals surface area contributed by atoms with Crippen molar-refractivity contribution < 1.29 is 23.7 Å². The fraction of sp³-hybridized carbons (Fsp3) is 0.350. The molecular formula is C20H21NO5. The molecule has 2 heterocycles. The highest BCUT2D eigenvalue weighted by molar-refractivity contribution is 5.96. The number of fused-ring (bicyclic) bond motifs is 2. The van der Waals surface area contributed by atoms with Gasteiger partial charge in [0.2, 0.25) is 12.7 Å². The van der Waals surface area contributed by atoms with Crippen LogP contribution < -0.4 is 24.3 Å². The zero-order valence-electron chi connectivity index (χ0n) is 15.0. The maximum absolute atomic E-state index is 12.3. The Kier molecular flexibility index (Phi) is 4.11. The second-order valence-electron chi connectivity index (χ2n) is 6.64. The van der Waals surface area contributed by atoms with Crippen LogP contribution in [0.25, 0.3) is 0 Å². The van der Waals surface area contributed by atoms with Crippen molar-refractivity contribution in [3.8, 4) is 23.0 Å². The summed E-state index contributed by atoms with van der Waals surface area (Å²) in [5, 5.41) is 2.93. The van der Waals surface area contributed by atoms with E-state index < -0.39 is 0 Å². The van der Waals surface area contributed by atoms with Gasteiger partial charge in [-0.15, -0.1) is 0 Å². The molecular weight excluding hydrogens is 334 g/mol. The van der Waals surface area contributed by atoms with Gasteiger partial charge in [0.25, 0.3) is 0 Å². The maximum Gasteiger partial charge on any atom is 0.231 e. The third-order valence-corrected chi connectivity index (χ3v) is 4.54. The van der Waals surface area contributed by atoms with Crippen LogP contribution in [0.1, 0.15) is 37.3 Å². The summed E-state index contributed by atoms with van der Waals surface area (Å²) in [6, 6.07) is 9.54. The van der Waals surface area contributed by atoms with Crippen LogP contribution in [-0.2, 0) is 4.79 Å². The largest absolute Gasteiger partial charge is 0.493 e. The molecule has 0 aromatic heterocycles. The summed E-state index contributed by atoms with van der Waals surface area (Å²) in [6.45, 7) is 4.13. The molecule has 0 aliphatic carbocycles. The van der Waals surface area contributed by atoms with E-state index in [1.807, 2.05) is 44.2 Å². The maximum atomic E-state index is 12.3. The summed E-state index contributed by atoms with van der Waals surface area (Å²) in [5.74, 6) is 2.47. The minimum Gasteiger partial charge on any atom is -0.493 e. The van der Waals surface area contributed by atoms with Gasteiger partial charge in [0, 0.05) is 29.7 Å². The molecule has 0 fully saturated rings. The average Bonchev–Trinajstić information content (AvgIpc) is 3.06. The summed E-state index contributed by atoms with van der Waals surface area (Å²) in [5.41, 5.74) is 2.65. The molecule has 2 aliphatic rings. The molecule has 136 valence electrons. The normalized spacial score (nSPS) is 17.7. The fourth-order valence-electron chi connectivity index (χ4n) is 3.46. The Morgan fingerprint density at radius 1 is 1.15 bits per heavy atom. The van der Waals surface area contributed by atoms with Crippen molar-refractivity contribution in [2.45, 2.75) is 32.3 Å². The molecule has 1 amide bonds. The molecule has 26 heavy (non-hydrogen) atoms. The first kappa shape index (κ1) is 16.6. The van der Waals surface area contributed by atoms with E-state index in [1.54, 1.807) is 7.11 Å². The molecule has 2 aliphatic heterocycles. The van der Waals surface area contributed by atoms with Crippen molar-refractivity contribution in [1.29, 1.82) is 0 Å². The lowest BCUT2D eigenvalue weighted by atomic mass is 9.84. The monoisotopic (exact) mass is 355 g/mol. The smallest absolute Gasteiger partial charge is 0.231 e. The number of amides is 1. The van der Waals surface area contributed by atoms with E-state index in [9.17, 15) is 4.79 Å². The number of para-hydroxylation sites is 1. The third kappa shape index (κ3) is 2.81. The molecule has 0 radical (unpaired) electrons. The molecule has 1 N–H and O–H groups in total. The van der Waals surface area contributed by atoms with Gasteiger partial charge in [-0.3, -0.25) is 4.79 Å². The number of nitrogens with one attached hydrogen (secondary N) is 1. The highest BCUT2D eigenvalue weighted by atomic mass is 16.7. The van der Waals surface area contributed by atoms with Crippen molar-refractivity contribution in [3.63, 3.8) is 0 Å². The first-order valence-electron chi connectivity index (χ1n) is 8.63. The highest BCUT2D eigenvalue weighted by Gasteiger charge is 2.32. The second-order valence-corrected chi connectivity index (χ2v) is 6.64. The van der Waals surface area contributed by atoms with Crippen LogP contribution in [0.15, 0.2) is 30.3 Å². The summed E-state index contributed by atoms with van der Waals surface area (Å²) in [4.78, 5) is 12.3. The van der Waals surface area contributed by atoms with Gasteiger partial charge < -0.3 is 24.3 Å². The Labute approximate surface area is 152 Å². The third-order valence-electron chi connectivity index (χ3n) is 4.54. The van der Waals surface area contributed by atoms with Gasteiger partial charge in [-0.2, -0.15) is 0 Å². The fourth-order valence-corrected chi connectivity index (χ4v) is 3.46. The lowest BCUT2D eigenvalue weighted by Gasteiger charge is -2.28. The van der Waals surface area contributed by atoms with Crippen LogP contribution in [0.4, 0.5) is 5.69 Å². The molecule has 4 rings (SSSR count). The Bertz CT molecular complexity index is 862. The minimum absolute atomic E-state index is 0.0151. The van der Waals surface area contributed by atoms with E-state index in [-0.39, 0.29) is 24.7 Å². The molecule has 2 aromatic rings. The van der Waals surface area contributed by atoms with Crippen LogP contribution >= 0.6 is 0 Å². The van der Waals surface area contributed by atoms with E-state index in [0.717, 1.165) is 16.8 Å². The molecule has 2 aromatic carbocycles. The van der Waals surface area contributed by atoms with E-state index in [0.29, 0.717) is 29.4 Å². The predicted molar refractivity (Wildman–Crippen MR) is 96.4 cm³/mol. The molecule has 1 unspecified atom stereocenters. The Morgan fingerprint density at radius 2 is 1.92 bits per heavy atom. The van der Waals surface area contributed by atoms with Crippen molar-refractivity contribution in [2.75, 3.05) is 19.2 Å². The van der Waals surface area contributed by atoms with Gasteiger partial charge in [0.15, 0.2) is 23.0 Å². The summed E-state index contributed by atoms with van der Waals surface area (Å²) in [6.07, 6.45) is 0.313. The van der Waals surface area contributed by atoms with Crippen molar-refractivity contribution in [3.05, 3.63) is 41.5 Å². The summed E-state index contributed by atoms with van der Waals surface area (Å²) < 4.78 is 22.5. The quantitative estimate of drug-likeness (QED) is 0.906. The second kappa shape index (κ2) is 6.44. The lowest BCUT2D eigenvalue weighted by molar-refractivity contribution is -0.116. The molecule has 1 atom stereocenters. The van der Waals surface area contributed by atoms with Crippen LogP contribution in [0.3, 0.4) is 0 Å². The van der Waals surface area contributed by atoms with E-state index in [1.165, 1.54) is 0 Å². The zero-order valence-corrected chi connectivity index (χ0v) is 15.0. The van der Waals surface area contributed by atoms with Crippen LogP contribution in [0, 0.1) is 0 Å². The van der Waals surface area contributed by atoms with Crippen molar-refractivity contribution >= 4 is 11.6 Å². The number of hydrogen-bond donors (Lipinski definition) is 1. The van der Waals surface area contributed by atoms with Crippen molar-refractivity contribution in [1.82, 2.24) is 0 Å². The van der Waals surface area contributed by atoms with Gasteiger partial charge in [-0.1, -0.05) is 12.1 Å². The van der Waals surface area contributed by atoms with E-state index in [4.69, 9.17) is 18.9 Å². The number of carbonyl (C=O) groups is 1. The van der Waals surface area contributed by atoms with Crippen LogP contribution in [-0.4, -0.2) is 25.9 Å². The van der Waals surface area contributed by atoms with Gasteiger partial charge in [-0.25, -0.2) is 0 Å². The van der Waals surface area contributed by atoms with Gasteiger partial charge >= 0.3 is 0 Å². The molecule has 0 bridgehead atoms. The van der Waals surface area contributed by atoms with E-state index in [2.05, 4.69) is 5.32 Å². The molecule has 6 heteroatoms. The standard InChI is InChI=1S/C20H21NO5/c1-11(2)26-20-12(5-4-6-16(20)23-3)13-8-19(22)21-15-9-18-17(7-14(13)15)24-10-25-18/h4-7,9,11,13H,8,10H2,1-3H3,(H,21,22). The van der Waals surface area contributed by atoms with Crippen LogP contribution in [0.2, 0.25) is 0 Å². The summed E-state index contributed by atoms with van der Waals surface area (Å²) >= 11 is 0. The van der Waals surface area contributed by atoms with Gasteiger partial charge in [0.1, 0.15) is 0 Å². The number of carbonyl (C=O) groups excluding carboxylic acids is 1. The number of methoxy groups -OCH3 is 1. The zero-order chi connectivity index (χ0) is 18.3. The highest BCUT2D eigenvalue weighted by Crippen LogP contribution is 2.48. The Hall–Kier alpha value is -2.89. The average molecular weight is 355 g/mol.